The number of nitrogens with one attached hydrogen (secondary N) is 1. The van der Waals surface area contributed by atoms with E-state index in [2.05, 4.69) is 5.32 Å². The molecule has 2 saturated carbocycles. The predicted molar refractivity (Wildman–Crippen MR) is 63.1 cm³/mol. The van der Waals surface area contributed by atoms with Gasteiger partial charge in [0, 0.05) is 6.54 Å². The summed E-state index contributed by atoms with van der Waals surface area (Å²) in [4.78, 5) is 25.3. The normalized spacial score (nSPS) is 29.8. The monoisotopic (exact) mass is 236 g/mol. The summed E-state index contributed by atoms with van der Waals surface area (Å²) < 4.78 is 0. The molecule has 4 nitrogen and oxygen atoms in total. The maximum atomic E-state index is 12.0. The van der Waals surface area contributed by atoms with Crippen LogP contribution in [-0.2, 0) is 9.59 Å². The topological polar surface area (TPSA) is 49.4 Å². The molecule has 1 aliphatic heterocycles. The first-order valence-electron chi connectivity index (χ1n) is 6.73. The Balaban J connectivity index is 1.65. The molecule has 3 rings (SSSR count). The molecule has 3 aliphatic rings. The number of rotatable bonds is 4. The highest BCUT2D eigenvalue weighted by Gasteiger charge is 2.43. The lowest BCUT2D eigenvalue weighted by Crippen LogP contribution is -2.57. The Kier molecular flexibility index (Phi) is 2.60. The Labute approximate surface area is 102 Å². The first-order chi connectivity index (χ1) is 8.15. The van der Waals surface area contributed by atoms with Crippen LogP contribution in [0.25, 0.3) is 0 Å². The second-order valence-corrected chi connectivity index (χ2v) is 5.85. The van der Waals surface area contributed by atoms with Crippen LogP contribution < -0.4 is 5.32 Å². The molecular weight excluding hydrogens is 216 g/mol. The number of nitrogens with zero attached hydrogens (tertiary/aromatic N) is 1. The highest BCUT2D eigenvalue weighted by atomic mass is 16.2. The summed E-state index contributed by atoms with van der Waals surface area (Å²) in [5, 5.41) is 2.69. The number of carbonyl (C=O) groups is 2. The Hall–Kier alpha value is -1.06. The first kappa shape index (κ1) is 11.1. The van der Waals surface area contributed by atoms with Gasteiger partial charge in [0.25, 0.3) is 0 Å². The number of hydrogen-bond acceptors (Lipinski definition) is 2. The van der Waals surface area contributed by atoms with Crippen LogP contribution in [0.1, 0.15) is 32.6 Å². The minimum Gasteiger partial charge on any atom is -0.343 e. The smallest absolute Gasteiger partial charge is 0.245 e. The lowest BCUT2D eigenvalue weighted by atomic mass is 9.96. The van der Waals surface area contributed by atoms with Gasteiger partial charge in [-0.05, 0) is 50.4 Å². The molecule has 1 heterocycles. The fraction of sp³-hybridized carbons (Fsp3) is 0.846. The van der Waals surface area contributed by atoms with Crippen LogP contribution in [0.4, 0.5) is 0 Å². The van der Waals surface area contributed by atoms with Gasteiger partial charge < -0.3 is 10.2 Å². The third kappa shape index (κ3) is 2.31. The number of carbonyl (C=O) groups excluding carboxylic acids is 2. The standard InChI is InChI=1S/C13H20N2O2/c1-8-13(17)15(7-12(16)14-8)6-11(9-2-3-9)10-4-5-10/h8-11H,2-7H2,1H3,(H,14,16). The maximum absolute atomic E-state index is 12.0. The van der Waals surface area contributed by atoms with Crippen molar-refractivity contribution >= 4 is 11.8 Å². The van der Waals surface area contributed by atoms with Crippen molar-refractivity contribution in [1.29, 1.82) is 0 Å². The van der Waals surface area contributed by atoms with Crippen molar-refractivity contribution in [3.63, 3.8) is 0 Å². The van der Waals surface area contributed by atoms with E-state index in [4.69, 9.17) is 0 Å². The van der Waals surface area contributed by atoms with Gasteiger partial charge in [-0.3, -0.25) is 9.59 Å². The van der Waals surface area contributed by atoms with E-state index in [0.717, 1.165) is 18.4 Å². The molecule has 1 N–H and O–H groups in total. The number of hydrogen-bond donors (Lipinski definition) is 1. The second kappa shape index (κ2) is 4.00. The van der Waals surface area contributed by atoms with Gasteiger partial charge >= 0.3 is 0 Å². The summed E-state index contributed by atoms with van der Waals surface area (Å²) in [5.74, 6) is 2.40. The minimum atomic E-state index is -0.338. The molecule has 1 unspecified atom stereocenters. The van der Waals surface area contributed by atoms with Gasteiger partial charge in [-0.25, -0.2) is 0 Å². The van der Waals surface area contributed by atoms with Crippen molar-refractivity contribution in [1.82, 2.24) is 10.2 Å². The van der Waals surface area contributed by atoms with E-state index >= 15 is 0 Å². The summed E-state index contributed by atoms with van der Waals surface area (Å²) in [5.41, 5.74) is 0. The van der Waals surface area contributed by atoms with Gasteiger partial charge in [-0.2, -0.15) is 0 Å². The van der Waals surface area contributed by atoms with Crippen LogP contribution in [0.3, 0.4) is 0 Å². The van der Waals surface area contributed by atoms with Crippen LogP contribution in [0.15, 0.2) is 0 Å². The average molecular weight is 236 g/mol. The molecule has 1 saturated heterocycles. The average Bonchev–Trinajstić information content (AvgIpc) is 3.15. The molecule has 0 aromatic rings. The van der Waals surface area contributed by atoms with Crippen LogP contribution in [0.5, 0.6) is 0 Å². The summed E-state index contributed by atoms with van der Waals surface area (Å²) >= 11 is 0. The van der Waals surface area contributed by atoms with Gasteiger partial charge in [0.2, 0.25) is 11.8 Å². The Bertz CT molecular complexity index is 335. The van der Waals surface area contributed by atoms with Crippen LogP contribution in [-0.4, -0.2) is 35.8 Å². The molecular formula is C13H20N2O2. The van der Waals surface area contributed by atoms with Gasteiger partial charge in [0.05, 0.1) is 6.54 Å². The zero-order valence-electron chi connectivity index (χ0n) is 10.3. The molecule has 0 bridgehead atoms. The van der Waals surface area contributed by atoms with Crippen molar-refractivity contribution in [3.8, 4) is 0 Å². The van der Waals surface area contributed by atoms with E-state index in [-0.39, 0.29) is 24.4 Å². The van der Waals surface area contributed by atoms with Crippen LogP contribution in [0.2, 0.25) is 0 Å². The van der Waals surface area contributed by atoms with E-state index in [1.165, 1.54) is 25.7 Å². The van der Waals surface area contributed by atoms with E-state index in [9.17, 15) is 9.59 Å². The van der Waals surface area contributed by atoms with Crippen molar-refractivity contribution in [2.45, 2.75) is 38.6 Å². The Morgan fingerprint density at radius 1 is 1.24 bits per heavy atom. The van der Waals surface area contributed by atoms with Gasteiger partial charge in [-0.15, -0.1) is 0 Å². The first-order valence-corrected chi connectivity index (χ1v) is 6.73. The van der Waals surface area contributed by atoms with Crippen LogP contribution >= 0.6 is 0 Å². The lowest BCUT2D eigenvalue weighted by Gasteiger charge is -2.33. The van der Waals surface area contributed by atoms with Crippen LogP contribution in [0, 0.1) is 17.8 Å². The highest BCUT2D eigenvalue weighted by molar-refractivity contribution is 5.94. The lowest BCUT2D eigenvalue weighted by molar-refractivity contribution is -0.144. The molecule has 0 spiro atoms. The molecule has 4 heteroatoms. The Morgan fingerprint density at radius 3 is 2.35 bits per heavy atom. The van der Waals surface area contributed by atoms with Crippen molar-refractivity contribution in [2.75, 3.05) is 13.1 Å². The molecule has 2 amide bonds. The largest absolute Gasteiger partial charge is 0.343 e. The van der Waals surface area contributed by atoms with Crippen molar-refractivity contribution in [2.24, 2.45) is 17.8 Å². The van der Waals surface area contributed by atoms with E-state index in [1.54, 1.807) is 11.8 Å². The third-order valence-electron chi connectivity index (χ3n) is 4.28. The van der Waals surface area contributed by atoms with Gasteiger partial charge in [-0.1, -0.05) is 0 Å². The third-order valence-corrected chi connectivity index (χ3v) is 4.28. The molecule has 2 aliphatic carbocycles. The molecule has 17 heavy (non-hydrogen) atoms. The zero-order chi connectivity index (χ0) is 12.0. The summed E-state index contributed by atoms with van der Waals surface area (Å²) in [6.45, 7) is 2.85. The second-order valence-electron chi connectivity index (χ2n) is 5.85. The quantitative estimate of drug-likeness (QED) is 0.784. The molecule has 0 aromatic carbocycles. The minimum absolute atomic E-state index is 0.0116. The Morgan fingerprint density at radius 2 is 1.82 bits per heavy atom. The fourth-order valence-corrected chi connectivity index (χ4v) is 3.01. The van der Waals surface area contributed by atoms with E-state index < -0.39 is 0 Å². The molecule has 0 radical (unpaired) electrons. The zero-order valence-corrected chi connectivity index (χ0v) is 10.3. The predicted octanol–water partition coefficient (Wildman–Crippen LogP) is 0.769. The summed E-state index contributed by atoms with van der Waals surface area (Å²) in [6, 6.07) is -0.338. The maximum Gasteiger partial charge on any atom is 0.245 e. The molecule has 1 atom stereocenters. The highest BCUT2D eigenvalue weighted by Crippen LogP contribution is 2.49. The van der Waals surface area contributed by atoms with Crippen molar-refractivity contribution in [3.05, 3.63) is 0 Å². The number of piperazine rings is 1. The molecule has 0 aromatic heterocycles. The molecule has 94 valence electrons. The number of amides is 2. The van der Waals surface area contributed by atoms with Crippen molar-refractivity contribution < 1.29 is 9.59 Å². The summed E-state index contributed by atoms with van der Waals surface area (Å²) in [7, 11) is 0. The molecule has 3 fully saturated rings. The van der Waals surface area contributed by atoms with E-state index in [0.29, 0.717) is 5.92 Å². The fourth-order valence-electron chi connectivity index (χ4n) is 3.01. The van der Waals surface area contributed by atoms with Gasteiger partial charge in [0.15, 0.2) is 0 Å². The van der Waals surface area contributed by atoms with Gasteiger partial charge in [0.1, 0.15) is 6.04 Å². The van der Waals surface area contributed by atoms with E-state index in [1.807, 2.05) is 0 Å². The SMILES string of the molecule is CC1NC(=O)CN(CC(C2CC2)C2CC2)C1=O. The summed E-state index contributed by atoms with van der Waals surface area (Å²) in [6.07, 6.45) is 5.30.